The van der Waals surface area contributed by atoms with Crippen molar-refractivity contribution in [3.63, 3.8) is 0 Å². The molecule has 5 aromatic carbocycles. The molecule has 1 unspecified atom stereocenters. The summed E-state index contributed by atoms with van der Waals surface area (Å²) in [5.41, 5.74) is 6.44. The van der Waals surface area contributed by atoms with Crippen molar-refractivity contribution in [1.82, 2.24) is 15.0 Å². The number of rotatable bonds is 15. The number of carbonyl (C=O) groups excluding carboxylic acids is 1. The van der Waals surface area contributed by atoms with Crippen molar-refractivity contribution >= 4 is 5.97 Å². The number of phenols is 1. The number of aromatic nitrogens is 3. The smallest absolute Gasteiger partial charge is 0.347 e. The van der Waals surface area contributed by atoms with Gasteiger partial charge in [-0.05, 0) is 47.7 Å². The summed E-state index contributed by atoms with van der Waals surface area (Å²) in [5.74, 6) is 1.08. The standard InChI is InChI=1S/C44H43N3O4/c1-3-4-5-6-7-14-29-50-44(49)31(2)51-38-27-28-39(40(48)30-38)43-46-41(36-23-19-34(20-24-36)32-15-10-8-11-16-32)45-42(47-43)37-25-21-35(22-26-37)33-17-12-9-13-18-33/h8-13,15-28,30-31,48H,3-7,14,29H2,1-2H3. The maximum Gasteiger partial charge on any atom is 0.347 e. The predicted octanol–water partition coefficient (Wildman–Crippen LogP) is 10.6. The summed E-state index contributed by atoms with van der Waals surface area (Å²) in [6.45, 7) is 4.21. The molecular weight excluding hydrogens is 635 g/mol. The van der Waals surface area contributed by atoms with Crippen LogP contribution in [-0.2, 0) is 9.53 Å². The van der Waals surface area contributed by atoms with Gasteiger partial charge in [0.05, 0.1) is 12.2 Å². The van der Waals surface area contributed by atoms with Crippen molar-refractivity contribution in [2.45, 2.75) is 58.5 Å². The molecule has 0 fully saturated rings. The van der Waals surface area contributed by atoms with Crippen LogP contribution in [0.1, 0.15) is 52.4 Å². The molecule has 0 radical (unpaired) electrons. The highest BCUT2D eigenvalue weighted by Crippen LogP contribution is 2.34. The summed E-state index contributed by atoms with van der Waals surface area (Å²) >= 11 is 0. The number of aromatic hydroxyl groups is 1. The van der Waals surface area contributed by atoms with Gasteiger partial charge in [-0.2, -0.15) is 0 Å². The van der Waals surface area contributed by atoms with Gasteiger partial charge in [0, 0.05) is 17.2 Å². The highest BCUT2D eigenvalue weighted by Gasteiger charge is 2.19. The molecule has 258 valence electrons. The molecule has 1 heterocycles. The highest BCUT2D eigenvalue weighted by molar-refractivity contribution is 5.76. The third-order valence-corrected chi connectivity index (χ3v) is 8.73. The summed E-state index contributed by atoms with van der Waals surface area (Å²) in [5, 5.41) is 11.2. The van der Waals surface area contributed by atoms with Gasteiger partial charge < -0.3 is 14.6 Å². The predicted molar refractivity (Wildman–Crippen MR) is 203 cm³/mol. The number of nitrogens with zero attached hydrogens (tertiary/aromatic N) is 3. The van der Waals surface area contributed by atoms with Crippen LogP contribution in [-0.4, -0.2) is 38.7 Å². The van der Waals surface area contributed by atoms with Crippen LogP contribution in [0.25, 0.3) is 56.4 Å². The van der Waals surface area contributed by atoms with Crippen molar-refractivity contribution in [2.75, 3.05) is 6.61 Å². The molecule has 0 saturated carbocycles. The van der Waals surface area contributed by atoms with Crippen LogP contribution in [0, 0.1) is 0 Å². The van der Waals surface area contributed by atoms with Gasteiger partial charge >= 0.3 is 5.97 Å². The molecule has 1 aromatic heterocycles. The number of carbonyl (C=O) groups is 1. The summed E-state index contributed by atoms with van der Waals surface area (Å²) in [4.78, 5) is 27.1. The van der Waals surface area contributed by atoms with E-state index in [1.165, 1.54) is 25.3 Å². The number of hydrogen-bond acceptors (Lipinski definition) is 7. The largest absolute Gasteiger partial charge is 0.507 e. The Labute approximate surface area is 300 Å². The molecule has 0 spiro atoms. The Morgan fingerprint density at radius 3 is 1.59 bits per heavy atom. The van der Waals surface area contributed by atoms with Crippen molar-refractivity contribution in [3.05, 3.63) is 127 Å². The Morgan fingerprint density at radius 1 is 0.588 bits per heavy atom. The van der Waals surface area contributed by atoms with Crippen LogP contribution in [0.2, 0.25) is 0 Å². The van der Waals surface area contributed by atoms with Crippen LogP contribution in [0.5, 0.6) is 11.5 Å². The average molecular weight is 678 g/mol. The summed E-state index contributed by atoms with van der Waals surface area (Å²) in [6, 6.07) is 41.4. The van der Waals surface area contributed by atoms with E-state index in [0.29, 0.717) is 35.4 Å². The zero-order valence-corrected chi connectivity index (χ0v) is 29.2. The van der Waals surface area contributed by atoms with Crippen LogP contribution >= 0.6 is 0 Å². The van der Waals surface area contributed by atoms with Crippen molar-refractivity contribution in [2.24, 2.45) is 0 Å². The lowest BCUT2D eigenvalue weighted by Crippen LogP contribution is -2.26. The quantitative estimate of drug-likeness (QED) is 0.0854. The Bertz CT molecular complexity index is 1910. The van der Waals surface area contributed by atoms with Crippen LogP contribution < -0.4 is 4.74 Å². The molecule has 0 aliphatic heterocycles. The Balaban J connectivity index is 1.24. The second-order valence-corrected chi connectivity index (χ2v) is 12.6. The molecule has 0 saturated heterocycles. The topological polar surface area (TPSA) is 94.4 Å². The molecule has 0 bridgehead atoms. The zero-order chi connectivity index (χ0) is 35.4. The number of phenolic OH excluding ortho intramolecular Hbond substituents is 1. The van der Waals surface area contributed by atoms with E-state index in [1.807, 2.05) is 84.9 Å². The number of unbranched alkanes of at least 4 members (excludes halogenated alkanes) is 5. The zero-order valence-electron chi connectivity index (χ0n) is 29.2. The van der Waals surface area contributed by atoms with Gasteiger partial charge in [0.25, 0.3) is 0 Å². The summed E-state index contributed by atoms with van der Waals surface area (Å²) < 4.78 is 11.3. The van der Waals surface area contributed by atoms with Crippen molar-refractivity contribution in [3.8, 4) is 67.9 Å². The lowest BCUT2D eigenvalue weighted by Gasteiger charge is -2.15. The third-order valence-electron chi connectivity index (χ3n) is 8.73. The molecule has 0 aliphatic carbocycles. The first-order chi connectivity index (χ1) is 25.0. The molecule has 0 amide bonds. The summed E-state index contributed by atoms with van der Waals surface area (Å²) in [6.07, 6.45) is 5.83. The molecule has 1 atom stereocenters. The number of benzene rings is 5. The molecular formula is C44H43N3O4. The van der Waals surface area contributed by atoms with Gasteiger partial charge in [-0.3, -0.25) is 0 Å². The molecule has 0 aliphatic rings. The van der Waals surface area contributed by atoms with E-state index in [-0.39, 0.29) is 5.75 Å². The molecule has 6 aromatic rings. The first-order valence-corrected chi connectivity index (χ1v) is 17.7. The van der Waals surface area contributed by atoms with Gasteiger partial charge in [0.2, 0.25) is 0 Å². The van der Waals surface area contributed by atoms with E-state index in [4.69, 9.17) is 24.4 Å². The van der Waals surface area contributed by atoms with Crippen LogP contribution in [0.15, 0.2) is 127 Å². The lowest BCUT2D eigenvalue weighted by atomic mass is 10.0. The Morgan fingerprint density at radius 2 is 1.06 bits per heavy atom. The fourth-order valence-electron chi connectivity index (χ4n) is 5.84. The lowest BCUT2D eigenvalue weighted by molar-refractivity contribution is -0.151. The van der Waals surface area contributed by atoms with E-state index in [0.717, 1.165) is 52.6 Å². The molecule has 51 heavy (non-hydrogen) atoms. The van der Waals surface area contributed by atoms with Crippen molar-refractivity contribution < 1.29 is 19.4 Å². The monoisotopic (exact) mass is 677 g/mol. The highest BCUT2D eigenvalue weighted by atomic mass is 16.6. The minimum absolute atomic E-state index is 0.0814. The minimum atomic E-state index is -0.830. The van der Waals surface area contributed by atoms with Gasteiger partial charge in [0.15, 0.2) is 23.6 Å². The number of hydrogen-bond donors (Lipinski definition) is 1. The van der Waals surface area contributed by atoms with E-state index < -0.39 is 12.1 Å². The van der Waals surface area contributed by atoms with Crippen molar-refractivity contribution in [1.29, 1.82) is 0 Å². The van der Waals surface area contributed by atoms with Gasteiger partial charge in [-0.15, -0.1) is 0 Å². The van der Waals surface area contributed by atoms with E-state index in [2.05, 4.69) is 31.2 Å². The minimum Gasteiger partial charge on any atom is -0.507 e. The van der Waals surface area contributed by atoms with Crippen LogP contribution in [0.3, 0.4) is 0 Å². The Hall–Kier alpha value is -5.82. The SMILES string of the molecule is CCCCCCCCOC(=O)C(C)Oc1ccc(-c2nc(-c3ccc(-c4ccccc4)cc3)nc(-c3ccc(-c4ccccc4)cc3)n2)c(O)c1. The maximum absolute atomic E-state index is 12.6. The average Bonchev–Trinajstić information content (AvgIpc) is 3.18. The summed E-state index contributed by atoms with van der Waals surface area (Å²) in [7, 11) is 0. The third kappa shape index (κ3) is 9.25. The maximum atomic E-state index is 12.6. The van der Waals surface area contributed by atoms with Gasteiger partial charge in [-0.25, -0.2) is 19.7 Å². The second-order valence-electron chi connectivity index (χ2n) is 12.6. The van der Waals surface area contributed by atoms with Gasteiger partial charge in [-0.1, -0.05) is 148 Å². The first-order valence-electron chi connectivity index (χ1n) is 17.7. The Kier molecular flexibility index (Phi) is 11.8. The number of ether oxygens (including phenoxy) is 2. The fraction of sp³-hybridized carbons (Fsp3) is 0.227. The second kappa shape index (κ2) is 17.2. The van der Waals surface area contributed by atoms with E-state index in [9.17, 15) is 9.90 Å². The first kappa shape index (κ1) is 35.0. The molecule has 7 nitrogen and oxygen atoms in total. The normalized spacial score (nSPS) is 11.6. The van der Waals surface area contributed by atoms with E-state index >= 15 is 0 Å². The van der Waals surface area contributed by atoms with E-state index in [1.54, 1.807) is 19.1 Å². The number of esters is 1. The molecule has 7 heteroatoms. The molecule has 6 rings (SSSR count). The molecule has 1 N–H and O–H groups in total. The van der Waals surface area contributed by atoms with Crippen LogP contribution in [0.4, 0.5) is 0 Å². The fourth-order valence-corrected chi connectivity index (χ4v) is 5.84. The van der Waals surface area contributed by atoms with Gasteiger partial charge in [0.1, 0.15) is 11.5 Å².